The predicted octanol–water partition coefficient (Wildman–Crippen LogP) is 4.06. The molecular formula is C13H17F3O. The van der Waals surface area contributed by atoms with E-state index >= 15 is 0 Å². The molecule has 96 valence electrons. The van der Waals surface area contributed by atoms with Crippen LogP contribution in [0.2, 0.25) is 0 Å². The van der Waals surface area contributed by atoms with Crippen LogP contribution in [0.1, 0.15) is 31.9 Å². The van der Waals surface area contributed by atoms with Gasteiger partial charge in [0.05, 0.1) is 17.8 Å². The number of hydrogen-bond donors (Lipinski definition) is 0. The number of rotatable bonds is 4. The van der Waals surface area contributed by atoms with Crippen LogP contribution in [0.25, 0.3) is 0 Å². The fourth-order valence-electron chi connectivity index (χ4n) is 1.80. The summed E-state index contributed by atoms with van der Waals surface area (Å²) in [5.41, 5.74) is -0.285. The van der Waals surface area contributed by atoms with Gasteiger partial charge in [-0.3, -0.25) is 0 Å². The van der Waals surface area contributed by atoms with Crippen molar-refractivity contribution in [2.75, 3.05) is 0 Å². The van der Waals surface area contributed by atoms with Crippen molar-refractivity contribution in [1.82, 2.24) is 0 Å². The highest BCUT2D eigenvalue weighted by molar-refractivity contribution is 5.30. The topological polar surface area (TPSA) is 9.23 Å². The Morgan fingerprint density at radius 1 is 1.12 bits per heavy atom. The third kappa shape index (κ3) is 4.38. The van der Waals surface area contributed by atoms with Crippen LogP contribution in [-0.4, -0.2) is 12.2 Å². The third-order valence-corrected chi connectivity index (χ3v) is 2.33. The molecule has 0 amide bonds. The first-order chi connectivity index (χ1) is 7.80. The molecule has 0 bridgehead atoms. The monoisotopic (exact) mass is 246 g/mol. The highest BCUT2D eigenvalue weighted by Crippen LogP contribution is 2.32. The van der Waals surface area contributed by atoms with Crippen molar-refractivity contribution in [3.8, 4) is 0 Å². The summed E-state index contributed by atoms with van der Waals surface area (Å²) < 4.78 is 43.6. The van der Waals surface area contributed by atoms with Crippen LogP contribution >= 0.6 is 0 Å². The van der Waals surface area contributed by atoms with Crippen molar-refractivity contribution in [2.45, 2.75) is 45.6 Å². The van der Waals surface area contributed by atoms with Crippen molar-refractivity contribution < 1.29 is 17.9 Å². The van der Waals surface area contributed by atoms with E-state index in [1.807, 2.05) is 13.8 Å². The van der Waals surface area contributed by atoms with Crippen LogP contribution in [0.15, 0.2) is 24.3 Å². The molecule has 1 aromatic carbocycles. The number of halogens is 3. The normalized spacial score (nSPS) is 14.1. The standard InChI is InChI=1S/C13H17F3O/c1-9(2)17-10(3)8-11-6-4-5-7-12(11)13(14,15)16/h4-7,9-10H,8H2,1-3H3. The van der Waals surface area contributed by atoms with Crippen LogP contribution < -0.4 is 0 Å². The molecule has 17 heavy (non-hydrogen) atoms. The van der Waals surface area contributed by atoms with Gasteiger partial charge in [-0.2, -0.15) is 13.2 Å². The van der Waals surface area contributed by atoms with Gasteiger partial charge in [-0.25, -0.2) is 0 Å². The summed E-state index contributed by atoms with van der Waals surface area (Å²) in [6.45, 7) is 5.52. The molecule has 0 radical (unpaired) electrons. The number of alkyl halides is 3. The second kappa shape index (κ2) is 5.54. The molecule has 0 spiro atoms. The molecule has 1 nitrogen and oxygen atoms in total. The summed E-state index contributed by atoms with van der Waals surface area (Å²) in [4.78, 5) is 0. The van der Waals surface area contributed by atoms with Crippen LogP contribution in [0, 0.1) is 0 Å². The molecule has 0 aliphatic heterocycles. The van der Waals surface area contributed by atoms with Gasteiger partial charge >= 0.3 is 6.18 Å². The third-order valence-electron chi connectivity index (χ3n) is 2.33. The van der Waals surface area contributed by atoms with E-state index in [0.29, 0.717) is 0 Å². The van der Waals surface area contributed by atoms with E-state index in [1.54, 1.807) is 13.0 Å². The van der Waals surface area contributed by atoms with Crippen LogP contribution in [0.4, 0.5) is 13.2 Å². The van der Waals surface area contributed by atoms with E-state index < -0.39 is 11.7 Å². The highest BCUT2D eigenvalue weighted by atomic mass is 19.4. The summed E-state index contributed by atoms with van der Waals surface area (Å²) in [5, 5.41) is 0. The van der Waals surface area contributed by atoms with Crippen molar-refractivity contribution in [3.05, 3.63) is 35.4 Å². The Kier molecular flexibility index (Phi) is 4.57. The molecule has 0 aliphatic carbocycles. The number of benzene rings is 1. The largest absolute Gasteiger partial charge is 0.416 e. The lowest BCUT2D eigenvalue weighted by Crippen LogP contribution is -2.19. The quantitative estimate of drug-likeness (QED) is 0.778. The molecule has 4 heteroatoms. The van der Waals surface area contributed by atoms with E-state index in [2.05, 4.69) is 0 Å². The molecule has 0 fully saturated rings. The molecule has 0 heterocycles. The maximum atomic E-state index is 12.7. The second-order valence-corrected chi connectivity index (χ2v) is 4.35. The first-order valence-electron chi connectivity index (χ1n) is 5.61. The molecule has 0 aromatic heterocycles. The minimum Gasteiger partial charge on any atom is -0.376 e. The zero-order valence-electron chi connectivity index (χ0n) is 10.2. The minimum atomic E-state index is -4.30. The Morgan fingerprint density at radius 3 is 2.24 bits per heavy atom. The van der Waals surface area contributed by atoms with E-state index in [1.165, 1.54) is 12.1 Å². The van der Waals surface area contributed by atoms with Gasteiger partial charge in [-0.15, -0.1) is 0 Å². The zero-order chi connectivity index (χ0) is 13.1. The van der Waals surface area contributed by atoms with Crippen molar-refractivity contribution in [2.24, 2.45) is 0 Å². The molecule has 1 aromatic rings. The first kappa shape index (κ1) is 14.0. The molecule has 0 saturated heterocycles. The maximum absolute atomic E-state index is 12.7. The van der Waals surface area contributed by atoms with E-state index in [9.17, 15) is 13.2 Å². The molecule has 1 unspecified atom stereocenters. The Balaban J connectivity index is 2.84. The highest BCUT2D eigenvalue weighted by Gasteiger charge is 2.33. The summed E-state index contributed by atoms with van der Waals surface area (Å²) in [7, 11) is 0. The van der Waals surface area contributed by atoms with Gasteiger partial charge in [0, 0.05) is 0 Å². The van der Waals surface area contributed by atoms with Gasteiger partial charge < -0.3 is 4.74 Å². The smallest absolute Gasteiger partial charge is 0.376 e. The average molecular weight is 246 g/mol. The molecule has 0 aliphatic rings. The Hall–Kier alpha value is -1.03. The first-order valence-corrected chi connectivity index (χ1v) is 5.61. The fraction of sp³-hybridized carbons (Fsp3) is 0.538. The Bertz CT molecular complexity index is 358. The van der Waals surface area contributed by atoms with E-state index in [-0.39, 0.29) is 24.2 Å². The molecule has 0 saturated carbocycles. The molecule has 1 atom stereocenters. The number of ether oxygens (including phenoxy) is 1. The summed E-state index contributed by atoms with van der Waals surface area (Å²) in [6, 6.07) is 5.63. The van der Waals surface area contributed by atoms with Gasteiger partial charge in [0.15, 0.2) is 0 Å². The number of hydrogen-bond acceptors (Lipinski definition) is 1. The maximum Gasteiger partial charge on any atom is 0.416 e. The summed E-state index contributed by atoms with van der Waals surface area (Å²) in [5.74, 6) is 0. The molecular weight excluding hydrogens is 229 g/mol. The van der Waals surface area contributed by atoms with Crippen LogP contribution in [0.5, 0.6) is 0 Å². The van der Waals surface area contributed by atoms with E-state index in [4.69, 9.17) is 4.74 Å². The van der Waals surface area contributed by atoms with Gasteiger partial charge in [0.2, 0.25) is 0 Å². The lowest BCUT2D eigenvalue weighted by molar-refractivity contribution is -0.138. The van der Waals surface area contributed by atoms with Gasteiger partial charge in [0.1, 0.15) is 0 Å². The van der Waals surface area contributed by atoms with Crippen molar-refractivity contribution in [3.63, 3.8) is 0 Å². The SMILES string of the molecule is CC(C)OC(C)Cc1ccccc1C(F)(F)F. The predicted molar refractivity (Wildman–Crippen MR) is 60.8 cm³/mol. The molecule has 1 rings (SSSR count). The van der Waals surface area contributed by atoms with Gasteiger partial charge in [-0.1, -0.05) is 18.2 Å². The van der Waals surface area contributed by atoms with Gasteiger partial charge in [-0.05, 0) is 38.8 Å². The lowest BCUT2D eigenvalue weighted by Gasteiger charge is -2.18. The Labute approximate surface area is 99.6 Å². The minimum absolute atomic E-state index is 0.0167. The van der Waals surface area contributed by atoms with Gasteiger partial charge in [0.25, 0.3) is 0 Å². The van der Waals surface area contributed by atoms with Crippen LogP contribution in [-0.2, 0) is 17.3 Å². The molecule has 0 N–H and O–H groups in total. The van der Waals surface area contributed by atoms with Crippen LogP contribution in [0.3, 0.4) is 0 Å². The lowest BCUT2D eigenvalue weighted by atomic mass is 10.0. The summed E-state index contributed by atoms with van der Waals surface area (Å²) in [6.07, 6.45) is -4.23. The Morgan fingerprint density at radius 2 is 1.71 bits per heavy atom. The second-order valence-electron chi connectivity index (χ2n) is 4.35. The van der Waals surface area contributed by atoms with E-state index in [0.717, 1.165) is 6.07 Å². The average Bonchev–Trinajstić information content (AvgIpc) is 2.15. The van der Waals surface area contributed by atoms with Crippen molar-refractivity contribution >= 4 is 0 Å². The fourth-order valence-corrected chi connectivity index (χ4v) is 1.80. The zero-order valence-corrected chi connectivity index (χ0v) is 10.2. The van der Waals surface area contributed by atoms with Crippen molar-refractivity contribution in [1.29, 1.82) is 0 Å². The summed E-state index contributed by atoms with van der Waals surface area (Å²) >= 11 is 0.